The molecule has 0 atom stereocenters. The third-order valence-electron chi connectivity index (χ3n) is 8.71. The van der Waals surface area contributed by atoms with E-state index in [4.69, 9.17) is 28.4 Å². The number of aromatic hydroxyl groups is 2. The SMILES string of the molecule is CC(C)Oc1cc(OC(C)C)c2cc1Cc1cc(c(OC(C)C)cc1O)Cc1cc(c(OC(C)C)cc1OC(C)C)Cc1cc(c(OC(C)C)cc1O)C2. The summed E-state index contributed by atoms with van der Waals surface area (Å²) in [7, 11) is 0. The molecule has 0 amide bonds. The van der Waals surface area contributed by atoms with Crippen molar-refractivity contribution in [1.82, 2.24) is 0 Å². The third kappa shape index (κ3) is 10.3. The molecule has 0 fully saturated rings. The van der Waals surface area contributed by atoms with Gasteiger partial charge in [0.1, 0.15) is 46.0 Å². The maximum absolute atomic E-state index is 11.6. The van der Waals surface area contributed by atoms with Crippen LogP contribution in [0.25, 0.3) is 0 Å². The molecule has 0 heterocycles. The van der Waals surface area contributed by atoms with Crippen molar-refractivity contribution in [3.63, 3.8) is 0 Å². The summed E-state index contributed by atoms with van der Waals surface area (Å²) in [5, 5.41) is 23.1. The maximum atomic E-state index is 11.6. The van der Waals surface area contributed by atoms with E-state index in [1.807, 2.05) is 107 Å². The van der Waals surface area contributed by atoms with Crippen LogP contribution < -0.4 is 28.4 Å². The normalized spacial score (nSPS) is 12.9. The Hall–Kier alpha value is -4.72. The van der Waals surface area contributed by atoms with Gasteiger partial charge < -0.3 is 38.6 Å². The Bertz CT molecular complexity index is 1780. The molecule has 0 aromatic heterocycles. The van der Waals surface area contributed by atoms with Crippen molar-refractivity contribution in [2.75, 3.05) is 0 Å². The van der Waals surface area contributed by atoms with E-state index < -0.39 is 0 Å². The number of ether oxygens (including phenoxy) is 6. The van der Waals surface area contributed by atoms with Gasteiger partial charge in [-0.1, -0.05) is 0 Å². The highest BCUT2D eigenvalue weighted by molar-refractivity contribution is 5.58. The van der Waals surface area contributed by atoms with Gasteiger partial charge >= 0.3 is 0 Å². The molecule has 8 heteroatoms. The molecule has 4 aromatic carbocycles. The summed E-state index contributed by atoms with van der Waals surface area (Å²) in [5.74, 6) is 4.30. The van der Waals surface area contributed by atoms with Gasteiger partial charge in [0.05, 0.1) is 36.6 Å². The molecule has 0 unspecified atom stereocenters. The van der Waals surface area contributed by atoms with Crippen molar-refractivity contribution in [2.45, 2.75) is 145 Å². The Morgan fingerprint density at radius 1 is 0.296 bits per heavy atom. The van der Waals surface area contributed by atoms with Gasteiger partial charge in [-0.3, -0.25) is 0 Å². The summed E-state index contributed by atoms with van der Waals surface area (Å²) in [5.41, 5.74) is 7.00. The minimum absolute atomic E-state index is 0.0857. The second-order valence-electron chi connectivity index (χ2n) is 16.0. The second kappa shape index (κ2) is 17.2. The zero-order chi connectivity index (χ0) is 39.4. The predicted molar refractivity (Wildman–Crippen MR) is 215 cm³/mol. The van der Waals surface area contributed by atoms with Gasteiger partial charge in [-0.15, -0.1) is 0 Å². The topological polar surface area (TPSA) is 95.8 Å². The van der Waals surface area contributed by atoms with Crippen LogP contribution in [-0.4, -0.2) is 46.8 Å². The largest absolute Gasteiger partial charge is 0.508 e. The first-order valence-corrected chi connectivity index (χ1v) is 19.5. The van der Waals surface area contributed by atoms with Gasteiger partial charge in [-0.2, -0.15) is 0 Å². The molecule has 4 aromatic rings. The van der Waals surface area contributed by atoms with Crippen LogP contribution in [0.3, 0.4) is 0 Å². The second-order valence-corrected chi connectivity index (χ2v) is 16.0. The molecule has 0 spiro atoms. The lowest BCUT2D eigenvalue weighted by Crippen LogP contribution is -2.14. The number of hydrogen-bond acceptors (Lipinski definition) is 8. The standard InChI is InChI=1S/C46H60O8/c1-25(2)49-41-21-39(47)31-13-33(41)17-37-19-36(43(51-27(5)6)23-45(37)53-29(9)10)16-32-14-34(42(22-40(32)48)50-26(3)4)18-38-20-35(15-31)44(52-28(7)8)24-46(38)54-30(11)12/h13-14,19-30,47-48H,15-18H2,1-12H3. The number of phenolic OH excluding ortho intramolecular Hbond substituents is 2. The molecule has 54 heavy (non-hydrogen) atoms. The number of fused-ring (bicyclic) bond motifs is 8. The Kier molecular flexibility index (Phi) is 12.9. The van der Waals surface area contributed by atoms with Gasteiger partial charge in [-0.05, 0) is 152 Å². The van der Waals surface area contributed by atoms with E-state index in [1.165, 1.54) is 0 Å². The van der Waals surface area contributed by atoms with E-state index in [1.54, 1.807) is 12.1 Å². The van der Waals surface area contributed by atoms with E-state index in [9.17, 15) is 10.2 Å². The maximum Gasteiger partial charge on any atom is 0.126 e. The van der Waals surface area contributed by atoms with Gasteiger partial charge in [0.15, 0.2) is 0 Å². The highest BCUT2D eigenvalue weighted by Crippen LogP contribution is 2.42. The van der Waals surface area contributed by atoms with Crippen molar-refractivity contribution in [3.05, 3.63) is 93.0 Å². The van der Waals surface area contributed by atoms with Crippen molar-refractivity contribution >= 4 is 0 Å². The van der Waals surface area contributed by atoms with Crippen molar-refractivity contribution in [2.24, 2.45) is 0 Å². The minimum Gasteiger partial charge on any atom is -0.508 e. The molecule has 0 aliphatic heterocycles. The third-order valence-corrected chi connectivity index (χ3v) is 8.71. The number of phenols is 2. The van der Waals surface area contributed by atoms with E-state index in [2.05, 4.69) is 12.1 Å². The Labute approximate surface area is 322 Å². The van der Waals surface area contributed by atoms with Gasteiger partial charge in [0, 0.05) is 49.9 Å². The molecule has 1 aliphatic carbocycles. The van der Waals surface area contributed by atoms with E-state index in [0.717, 1.165) is 44.5 Å². The molecule has 1 aliphatic rings. The molecular weight excluding hydrogens is 680 g/mol. The molecular formula is C46H60O8. The van der Waals surface area contributed by atoms with Crippen LogP contribution in [0.5, 0.6) is 46.0 Å². The monoisotopic (exact) mass is 740 g/mol. The van der Waals surface area contributed by atoms with Crippen LogP contribution in [-0.2, 0) is 25.7 Å². The van der Waals surface area contributed by atoms with E-state index in [-0.39, 0.29) is 48.1 Å². The summed E-state index contributed by atoms with van der Waals surface area (Å²) in [6.07, 6.45) is 1.15. The summed E-state index contributed by atoms with van der Waals surface area (Å²) in [4.78, 5) is 0. The molecule has 2 N–H and O–H groups in total. The highest BCUT2D eigenvalue weighted by atomic mass is 16.5. The van der Waals surface area contributed by atoms with Crippen LogP contribution in [0.4, 0.5) is 0 Å². The molecule has 8 nitrogen and oxygen atoms in total. The fourth-order valence-corrected chi connectivity index (χ4v) is 6.76. The van der Waals surface area contributed by atoms with Crippen LogP contribution in [0.2, 0.25) is 0 Å². The Balaban J connectivity index is 1.85. The average molecular weight is 741 g/mol. The fourth-order valence-electron chi connectivity index (χ4n) is 6.76. The number of rotatable bonds is 12. The van der Waals surface area contributed by atoms with Gasteiger partial charge in [0.25, 0.3) is 0 Å². The number of benzene rings is 4. The zero-order valence-electron chi connectivity index (χ0n) is 34.3. The Morgan fingerprint density at radius 2 is 0.481 bits per heavy atom. The first-order valence-electron chi connectivity index (χ1n) is 19.5. The molecule has 8 bridgehead atoms. The van der Waals surface area contributed by atoms with Crippen LogP contribution in [0.1, 0.15) is 128 Å². The molecule has 0 saturated heterocycles. The first-order chi connectivity index (χ1) is 25.4. The summed E-state index contributed by atoms with van der Waals surface area (Å²) in [6.45, 7) is 24.0. The molecule has 5 rings (SSSR count). The summed E-state index contributed by atoms with van der Waals surface area (Å²) in [6, 6.07) is 15.7. The van der Waals surface area contributed by atoms with Gasteiger partial charge in [0.2, 0.25) is 0 Å². The van der Waals surface area contributed by atoms with Crippen molar-refractivity contribution in [3.8, 4) is 46.0 Å². The molecule has 0 radical (unpaired) electrons. The van der Waals surface area contributed by atoms with Crippen molar-refractivity contribution in [1.29, 1.82) is 0 Å². The smallest absolute Gasteiger partial charge is 0.126 e. The van der Waals surface area contributed by atoms with Crippen LogP contribution in [0, 0.1) is 0 Å². The van der Waals surface area contributed by atoms with Crippen molar-refractivity contribution < 1.29 is 38.6 Å². The lowest BCUT2D eigenvalue weighted by molar-refractivity contribution is 0.225. The predicted octanol–water partition coefficient (Wildman–Crippen LogP) is 10.5. The Morgan fingerprint density at radius 3 is 0.704 bits per heavy atom. The summed E-state index contributed by atoms with van der Waals surface area (Å²) >= 11 is 0. The van der Waals surface area contributed by atoms with Gasteiger partial charge in [-0.25, -0.2) is 0 Å². The summed E-state index contributed by atoms with van der Waals surface area (Å²) < 4.78 is 38.4. The fraction of sp³-hybridized carbons (Fsp3) is 0.478. The zero-order valence-corrected chi connectivity index (χ0v) is 34.3. The first kappa shape index (κ1) is 40.5. The molecule has 0 saturated carbocycles. The quantitative estimate of drug-likeness (QED) is 0.131. The van der Waals surface area contributed by atoms with Crippen LogP contribution >= 0.6 is 0 Å². The van der Waals surface area contributed by atoms with E-state index >= 15 is 0 Å². The van der Waals surface area contributed by atoms with E-state index in [0.29, 0.717) is 60.2 Å². The average Bonchev–Trinajstić information content (AvgIpc) is 3.03. The lowest BCUT2D eigenvalue weighted by Gasteiger charge is -2.24. The highest BCUT2D eigenvalue weighted by Gasteiger charge is 2.24. The minimum atomic E-state index is -0.113. The lowest BCUT2D eigenvalue weighted by atomic mass is 9.91. The molecule has 292 valence electrons. The van der Waals surface area contributed by atoms with Crippen LogP contribution in [0.15, 0.2) is 48.5 Å². The number of hydrogen-bond donors (Lipinski definition) is 2.